The highest BCUT2D eigenvalue weighted by atomic mass is 32.2. The predicted octanol–water partition coefficient (Wildman–Crippen LogP) is 3.86. The summed E-state index contributed by atoms with van der Waals surface area (Å²) in [7, 11) is -3.67. The summed E-state index contributed by atoms with van der Waals surface area (Å²) in [6.07, 6.45) is 1.57. The monoisotopic (exact) mass is 310 g/mol. The van der Waals surface area contributed by atoms with Crippen LogP contribution in [0, 0.1) is 6.57 Å². The van der Waals surface area contributed by atoms with Crippen molar-refractivity contribution in [3.05, 3.63) is 77.8 Å². The van der Waals surface area contributed by atoms with E-state index in [2.05, 4.69) is 4.85 Å². The minimum absolute atomic E-state index is 0.234. The highest BCUT2D eigenvalue weighted by molar-refractivity contribution is 7.90. The largest absolute Gasteiger partial charge is 0.309 e. The summed E-state index contributed by atoms with van der Waals surface area (Å²) >= 11 is 0. The molecule has 0 N–H and O–H groups in total. The normalized spacial score (nSPS) is 12.9. The van der Waals surface area contributed by atoms with Crippen molar-refractivity contribution in [3.8, 4) is 0 Å². The molecule has 0 aliphatic heterocycles. The summed E-state index contributed by atoms with van der Waals surface area (Å²) in [5, 5.41) is 0.797. The molecule has 22 heavy (non-hydrogen) atoms. The minimum Gasteiger partial charge on any atom is -0.309 e. The first-order valence-corrected chi connectivity index (χ1v) is 8.27. The van der Waals surface area contributed by atoms with Crippen molar-refractivity contribution in [2.24, 2.45) is 0 Å². The third-order valence-electron chi connectivity index (χ3n) is 3.65. The Hall–Kier alpha value is -2.58. The molecule has 3 rings (SSSR count). The van der Waals surface area contributed by atoms with Crippen molar-refractivity contribution in [3.63, 3.8) is 0 Å². The Kier molecular flexibility index (Phi) is 3.47. The van der Waals surface area contributed by atoms with Crippen molar-refractivity contribution in [2.75, 3.05) is 0 Å². The van der Waals surface area contributed by atoms with E-state index in [1.165, 1.54) is 3.97 Å². The van der Waals surface area contributed by atoms with Gasteiger partial charge in [-0.2, -0.15) is 0 Å². The number of rotatable bonds is 3. The second kappa shape index (κ2) is 5.32. The lowest BCUT2D eigenvalue weighted by atomic mass is 10.1. The number of hydrogen-bond donors (Lipinski definition) is 0. The lowest BCUT2D eigenvalue weighted by molar-refractivity contribution is 0.589. The van der Waals surface area contributed by atoms with Gasteiger partial charge in [0.2, 0.25) is 6.04 Å². The summed E-state index contributed by atoms with van der Waals surface area (Å²) in [5.74, 6) is 0. The molecule has 5 heteroatoms. The first-order valence-electron chi connectivity index (χ1n) is 6.83. The van der Waals surface area contributed by atoms with Gasteiger partial charge in [-0.25, -0.2) is 19.0 Å². The fourth-order valence-electron chi connectivity index (χ4n) is 2.48. The van der Waals surface area contributed by atoms with Crippen molar-refractivity contribution in [1.82, 2.24) is 3.97 Å². The summed E-state index contributed by atoms with van der Waals surface area (Å²) < 4.78 is 27.0. The third-order valence-corrected chi connectivity index (χ3v) is 5.34. The van der Waals surface area contributed by atoms with E-state index < -0.39 is 16.1 Å². The summed E-state index contributed by atoms with van der Waals surface area (Å²) in [5.41, 5.74) is 1.32. The molecule has 0 radical (unpaired) electrons. The van der Waals surface area contributed by atoms with E-state index >= 15 is 0 Å². The Morgan fingerprint density at radius 1 is 1.05 bits per heavy atom. The van der Waals surface area contributed by atoms with E-state index in [0.717, 1.165) is 10.9 Å². The van der Waals surface area contributed by atoms with Crippen LogP contribution in [0.5, 0.6) is 0 Å². The second-order valence-electron chi connectivity index (χ2n) is 5.02. The molecule has 0 aliphatic rings. The van der Waals surface area contributed by atoms with Gasteiger partial charge < -0.3 is 4.85 Å². The Labute approximate surface area is 129 Å². The molecule has 4 nitrogen and oxygen atoms in total. The topological polar surface area (TPSA) is 43.4 Å². The molecule has 110 valence electrons. The van der Waals surface area contributed by atoms with E-state index in [9.17, 15) is 8.42 Å². The Morgan fingerprint density at radius 3 is 2.36 bits per heavy atom. The number of benzene rings is 2. The number of hydrogen-bond acceptors (Lipinski definition) is 2. The summed E-state index contributed by atoms with van der Waals surface area (Å²) in [6.45, 7) is 8.99. The Balaban J connectivity index is 2.31. The van der Waals surface area contributed by atoms with Gasteiger partial charge in [-0.15, -0.1) is 0 Å². The van der Waals surface area contributed by atoms with Crippen LogP contribution in [0.15, 0.2) is 65.7 Å². The lowest BCUT2D eigenvalue weighted by Gasteiger charge is -2.07. The van der Waals surface area contributed by atoms with Crippen LogP contribution in [0.1, 0.15) is 18.5 Å². The number of nitrogens with zero attached hydrogens (tertiary/aromatic N) is 2. The van der Waals surface area contributed by atoms with E-state index in [-0.39, 0.29) is 4.90 Å². The van der Waals surface area contributed by atoms with Crippen LogP contribution in [0.2, 0.25) is 0 Å². The Morgan fingerprint density at radius 2 is 1.68 bits per heavy atom. The molecular formula is C17H14N2O2S. The highest BCUT2D eigenvalue weighted by Gasteiger charge is 2.24. The average Bonchev–Trinajstić information content (AvgIpc) is 2.95. The van der Waals surface area contributed by atoms with Crippen LogP contribution < -0.4 is 0 Å². The van der Waals surface area contributed by atoms with Crippen molar-refractivity contribution < 1.29 is 8.42 Å². The third kappa shape index (κ3) is 2.18. The van der Waals surface area contributed by atoms with Gasteiger partial charge in [0.15, 0.2) is 0 Å². The van der Waals surface area contributed by atoms with Crippen LogP contribution in [-0.2, 0) is 10.0 Å². The van der Waals surface area contributed by atoms with Gasteiger partial charge in [0.05, 0.1) is 16.0 Å². The Bertz CT molecular complexity index is 967. The van der Waals surface area contributed by atoms with Crippen molar-refractivity contribution in [1.29, 1.82) is 0 Å². The first-order chi connectivity index (χ1) is 10.6. The molecule has 0 aliphatic carbocycles. The maximum atomic E-state index is 12.9. The fraction of sp³-hybridized carbons (Fsp3) is 0.118. The van der Waals surface area contributed by atoms with E-state index in [4.69, 9.17) is 6.57 Å². The summed E-state index contributed by atoms with van der Waals surface area (Å²) in [6, 6.07) is 15.2. The molecule has 0 saturated heterocycles. The average molecular weight is 310 g/mol. The van der Waals surface area contributed by atoms with Gasteiger partial charge in [0, 0.05) is 18.5 Å². The molecule has 2 aromatic carbocycles. The molecule has 0 spiro atoms. The molecule has 0 fully saturated rings. The molecular weight excluding hydrogens is 296 g/mol. The zero-order valence-corrected chi connectivity index (χ0v) is 12.8. The van der Waals surface area contributed by atoms with E-state index in [1.54, 1.807) is 55.6 Å². The zero-order chi connectivity index (χ0) is 15.7. The molecule has 1 aromatic heterocycles. The van der Waals surface area contributed by atoms with E-state index in [0.29, 0.717) is 5.52 Å². The lowest BCUT2D eigenvalue weighted by Crippen LogP contribution is -2.11. The zero-order valence-electron chi connectivity index (χ0n) is 12.0. The molecule has 1 heterocycles. The standard InChI is InChI=1S/C17H14N2O2S/c1-13(18-2)16-12-19(17-11-7-6-10-15(16)17)22(20,21)14-8-4-3-5-9-14/h3-13H,1H3. The van der Waals surface area contributed by atoms with Crippen LogP contribution in [-0.4, -0.2) is 12.4 Å². The molecule has 0 amide bonds. The smallest absolute Gasteiger partial charge is 0.268 e. The van der Waals surface area contributed by atoms with Crippen LogP contribution in [0.25, 0.3) is 15.7 Å². The molecule has 0 saturated carbocycles. The minimum atomic E-state index is -3.67. The summed E-state index contributed by atoms with van der Waals surface area (Å²) in [4.78, 5) is 3.75. The molecule has 3 aromatic rings. The predicted molar refractivity (Wildman–Crippen MR) is 86.0 cm³/mol. The van der Waals surface area contributed by atoms with E-state index in [1.807, 2.05) is 12.1 Å². The van der Waals surface area contributed by atoms with Gasteiger partial charge in [-0.3, -0.25) is 0 Å². The quantitative estimate of drug-likeness (QED) is 0.689. The molecule has 1 unspecified atom stereocenters. The van der Waals surface area contributed by atoms with Gasteiger partial charge in [-0.1, -0.05) is 36.4 Å². The van der Waals surface area contributed by atoms with Gasteiger partial charge in [0.1, 0.15) is 0 Å². The maximum Gasteiger partial charge on any atom is 0.268 e. The molecule has 0 bridgehead atoms. The number of para-hydroxylation sites is 1. The van der Waals surface area contributed by atoms with Gasteiger partial charge >= 0.3 is 0 Å². The van der Waals surface area contributed by atoms with Crippen LogP contribution in [0.3, 0.4) is 0 Å². The number of aromatic nitrogens is 1. The second-order valence-corrected chi connectivity index (χ2v) is 6.84. The van der Waals surface area contributed by atoms with Gasteiger partial charge in [-0.05, 0) is 18.2 Å². The SMILES string of the molecule is [C-]#[N+]C(C)c1cn(S(=O)(=O)c2ccccc2)c2ccccc12. The van der Waals surface area contributed by atoms with Crippen LogP contribution >= 0.6 is 0 Å². The number of fused-ring (bicyclic) bond motifs is 1. The van der Waals surface area contributed by atoms with Gasteiger partial charge in [0.25, 0.3) is 10.0 Å². The fourth-order valence-corrected chi connectivity index (χ4v) is 3.88. The van der Waals surface area contributed by atoms with Crippen molar-refractivity contribution >= 4 is 20.9 Å². The first kappa shape index (κ1) is 14.4. The highest BCUT2D eigenvalue weighted by Crippen LogP contribution is 2.31. The van der Waals surface area contributed by atoms with Crippen molar-refractivity contribution in [2.45, 2.75) is 17.9 Å². The maximum absolute atomic E-state index is 12.9. The molecule has 1 atom stereocenters. The van der Waals surface area contributed by atoms with Crippen LogP contribution in [0.4, 0.5) is 0 Å².